The Hall–Kier alpha value is -0.590. The molecule has 2 unspecified atom stereocenters. The molecule has 0 aromatic rings. The Balaban J connectivity index is 3.87. The number of nitrogens with zero attached hydrogens (tertiary/aromatic N) is 1. The van der Waals surface area contributed by atoms with Crippen molar-refractivity contribution in [3.63, 3.8) is 0 Å². The van der Waals surface area contributed by atoms with E-state index >= 15 is 0 Å². The molecular formula is C14H28N2O. The first-order chi connectivity index (χ1) is 8.14. The highest BCUT2D eigenvalue weighted by Gasteiger charge is 2.25. The minimum absolute atomic E-state index is 0.345. The molecule has 2 atom stereocenters. The summed E-state index contributed by atoms with van der Waals surface area (Å²) in [4.78, 5) is 0. The maximum Gasteiger partial charge on any atom is 0.106 e. The third-order valence-electron chi connectivity index (χ3n) is 3.18. The molecule has 0 aromatic heterocycles. The van der Waals surface area contributed by atoms with Crippen LogP contribution in [-0.2, 0) is 4.74 Å². The van der Waals surface area contributed by atoms with Crippen LogP contribution in [-0.4, -0.2) is 24.8 Å². The average Bonchev–Trinajstić information content (AvgIpc) is 2.33. The Morgan fingerprint density at radius 2 is 2.06 bits per heavy atom. The Labute approximate surface area is 107 Å². The van der Waals surface area contributed by atoms with E-state index in [9.17, 15) is 5.26 Å². The normalized spacial score (nSPS) is 16.2. The molecule has 0 aliphatic carbocycles. The second kappa shape index (κ2) is 9.44. The highest BCUT2D eigenvalue weighted by atomic mass is 16.5. The van der Waals surface area contributed by atoms with Gasteiger partial charge in [-0.1, -0.05) is 27.2 Å². The molecule has 0 saturated carbocycles. The first kappa shape index (κ1) is 16.4. The summed E-state index contributed by atoms with van der Waals surface area (Å²) in [6.45, 7) is 9.99. The van der Waals surface area contributed by atoms with Crippen LogP contribution in [0.15, 0.2) is 0 Å². The Morgan fingerprint density at radius 3 is 2.53 bits per heavy atom. The quantitative estimate of drug-likeness (QED) is 0.596. The van der Waals surface area contributed by atoms with E-state index in [2.05, 4.69) is 32.2 Å². The van der Waals surface area contributed by atoms with E-state index in [0.717, 1.165) is 45.3 Å². The fraction of sp³-hybridized carbons (Fsp3) is 0.929. The second-order valence-electron chi connectivity index (χ2n) is 4.65. The molecule has 0 bridgehead atoms. The van der Waals surface area contributed by atoms with Crippen molar-refractivity contribution in [2.45, 2.75) is 71.4 Å². The standard InChI is InChI=1S/C14H28N2O/c1-5-9-13(4)17-11-8-10-14(6-2,12-15)16-7-3/h13,16H,5-11H2,1-4H3. The van der Waals surface area contributed by atoms with Crippen molar-refractivity contribution in [1.29, 1.82) is 5.26 Å². The van der Waals surface area contributed by atoms with Crippen molar-refractivity contribution in [2.24, 2.45) is 0 Å². The van der Waals surface area contributed by atoms with Crippen molar-refractivity contribution in [2.75, 3.05) is 13.2 Å². The average molecular weight is 240 g/mol. The van der Waals surface area contributed by atoms with E-state index in [0.29, 0.717) is 6.10 Å². The van der Waals surface area contributed by atoms with Crippen LogP contribution in [0.5, 0.6) is 0 Å². The zero-order valence-electron chi connectivity index (χ0n) is 11.9. The van der Waals surface area contributed by atoms with E-state index < -0.39 is 0 Å². The monoisotopic (exact) mass is 240 g/mol. The topological polar surface area (TPSA) is 45.0 Å². The third-order valence-corrected chi connectivity index (χ3v) is 3.18. The predicted octanol–water partition coefficient (Wildman–Crippen LogP) is 3.25. The van der Waals surface area contributed by atoms with Gasteiger partial charge in [-0.25, -0.2) is 0 Å². The molecule has 0 rings (SSSR count). The van der Waals surface area contributed by atoms with Crippen LogP contribution in [0.2, 0.25) is 0 Å². The molecule has 1 N–H and O–H groups in total. The van der Waals surface area contributed by atoms with Crippen molar-refractivity contribution in [3.8, 4) is 6.07 Å². The highest BCUT2D eigenvalue weighted by molar-refractivity contribution is 5.05. The van der Waals surface area contributed by atoms with Gasteiger partial charge in [-0.3, -0.25) is 5.32 Å². The van der Waals surface area contributed by atoms with Crippen LogP contribution in [0, 0.1) is 11.3 Å². The van der Waals surface area contributed by atoms with Gasteiger partial charge >= 0.3 is 0 Å². The number of ether oxygens (including phenoxy) is 1. The Kier molecular flexibility index (Phi) is 9.11. The highest BCUT2D eigenvalue weighted by Crippen LogP contribution is 2.16. The molecule has 17 heavy (non-hydrogen) atoms. The van der Waals surface area contributed by atoms with Gasteiger partial charge in [0.25, 0.3) is 0 Å². The number of hydrogen-bond donors (Lipinski definition) is 1. The fourth-order valence-corrected chi connectivity index (χ4v) is 2.05. The molecule has 0 spiro atoms. The van der Waals surface area contributed by atoms with Crippen LogP contribution in [0.4, 0.5) is 0 Å². The molecule has 0 radical (unpaired) electrons. The first-order valence-corrected chi connectivity index (χ1v) is 6.92. The van der Waals surface area contributed by atoms with E-state index in [1.807, 2.05) is 6.92 Å². The van der Waals surface area contributed by atoms with Gasteiger partial charge in [0.2, 0.25) is 0 Å². The smallest absolute Gasteiger partial charge is 0.106 e. The summed E-state index contributed by atoms with van der Waals surface area (Å²) in [5.41, 5.74) is -0.355. The molecular weight excluding hydrogens is 212 g/mol. The van der Waals surface area contributed by atoms with E-state index in [-0.39, 0.29) is 5.54 Å². The van der Waals surface area contributed by atoms with E-state index in [4.69, 9.17) is 4.74 Å². The van der Waals surface area contributed by atoms with Crippen molar-refractivity contribution >= 4 is 0 Å². The van der Waals surface area contributed by atoms with Gasteiger partial charge in [0.1, 0.15) is 5.54 Å². The van der Waals surface area contributed by atoms with Gasteiger partial charge in [0.15, 0.2) is 0 Å². The molecule has 100 valence electrons. The molecule has 0 aromatic carbocycles. The number of hydrogen-bond acceptors (Lipinski definition) is 3. The van der Waals surface area contributed by atoms with Crippen LogP contribution in [0.25, 0.3) is 0 Å². The van der Waals surface area contributed by atoms with Gasteiger partial charge in [0, 0.05) is 6.61 Å². The molecule has 0 aliphatic heterocycles. The number of nitrogens with one attached hydrogen (secondary N) is 1. The van der Waals surface area contributed by atoms with Gasteiger partial charge in [0.05, 0.1) is 12.2 Å². The summed E-state index contributed by atoms with van der Waals surface area (Å²) in [5.74, 6) is 0. The van der Waals surface area contributed by atoms with Crippen molar-refractivity contribution in [3.05, 3.63) is 0 Å². The van der Waals surface area contributed by atoms with Crippen LogP contribution >= 0.6 is 0 Å². The Bertz CT molecular complexity index is 225. The Morgan fingerprint density at radius 1 is 1.35 bits per heavy atom. The maximum atomic E-state index is 9.25. The SMILES string of the molecule is CCCC(C)OCCCC(C#N)(CC)NCC. The van der Waals surface area contributed by atoms with Gasteiger partial charge in [-0.05, 0) is 39.2 Å². The van der Waals surface area contributed by atoms with Gasteiger partial charge in [-0.2, -0.15) is 5.26 Å². The molecule has 0 heterocycles. The molecule has 3 nitrogen and oxygen atoms in total. The first-order valence-electron chi connectivity index (χ1n) is 6.92. The number of rotatable bonds is 10. The third kappa shape index (κ3) is 6.65. The molecule has 0 amide bonds. The zero-order valence-corrected chi connectivity index (χ0v) is 11.9. The lowest BCUT2D eigenvalue weighted by Crippen LogP contribution is -2.43. The summed E-state index contributed by atoms with van der Waals surface area (Å²) in [6, 6.07) is 2.41. The van der Waals surface area contributed by atoms with Crippen molar-refractivity contribution in [1.82, 2.24) is 5.32 Å². The largest absolute Gasteiger partial charge is 0.379 e. The lowest BCUT2D eigenvalue weighted by atomic mass is 9.92. The van der Waals surface area contributed by atoms with Crippen molar-refractivity contribution < 1.29 is 4.74 Å². The molecule has 3 heteroatoms. The van der Waals surface area contributed by atoms with Crippen LogP contribution in [0.3, 0.4) is 0 Å². The van der Waals surface area contributed by atoms with Crippen LogP contribution < -0.4 is 5.32 Å². The number of nitriles is 1. The molecule has 0 fully saturated rings. The summed E-state index contributed by atoms with van der Waals surface area (Å²) in [7, 11) is 0. The van der Waals surface area contributed by atoms with Gasteiger partial charge < -0.3 is 4.74 Å². The van der Waals surface area contributed by atoms with E-state index in [1.54, 1.807) is 0 Å². The summed E-state index contributed by atoms with van der Waals surface area (Å²) >= 11 is 0. The van der Waals surface area contributed by atoms with E-state index in [1.165, 1.54) is 0 Å². The second-order valence-corrected chi connectivity index (χ2v) is 4.65. The molecule has 0 saturated heterocycles. The van der Waals surface area contributed by atoms with Gasteiger partial charge in [-0.15, -0.1) is 0 Å². The molecule has 0 aliphatic rings. The summed E-state index contributed by atoms with van der Waals surface area (Å²) < 4.78 is 5.71. The minimum atomic E-state index is -0.355. The minimum Gasteiger partial charge on any atom is -0.379 e. The lowest BCUT2D eigenvalue weighted by molar-refractivity contribution is 0.0545. The summed E-state index contributed by atoms with van der Waals surface area (Å²) in [5, 5.41) is 12.5. The van der Waals surface area contributed by atoms with Crippen LogP contribution in [0.1, 0.15) is 59.8 Å². The lowest BCUT2D eigenvalue weighted by Gasteiger charge is -2.26. The predicted molar refractivity (Wildman–Crippen MR) is 71.9 cm³/mol. The fourth-order valence-electron chi connectivity index (χ4n) is 2.05. The summed E-state index contributed by atoms with van der Waals surface area (Å²) in [6.07, 6.45) is 5.29. The maximum absolute atomic E-state index is 9.25. The zero-order chi connectivity index (χ0) is 13.1.